The molecule has 0 N–H and O–H groups in total. The Morgan fingerprint density at radius 2 is 2.00 bits per heavy atom. The first kappa shape index (κ1) is 13.2. The van der Waals surface area contributed by atoms with Gasteiger partial charge in [-0.1, -0.05) is 11.6 Å². The summed E-state index contributed by atoms with van der Waals surface area (Å²) in [4.78, 5) is 12.6. The van der Waals surface area contributed by atoms with Crippen LogP contribution in [0.4, 0.5) is 4.39 Å². The summed E-state index contributed by atoms with van der Waals surface area (Å²) in [5.74, 6) is -0.765. The first-order valence-corrected chi connectivity index (χ1v) is 7.21. The fourth-order valence-corrected chi connectivity index (χ4v) is 3.46. The number of carbonyl (C=O) groups is 1. The van der Waals surface area contributed by atoms with Gasteiger partial charge in [0, 0.05) is 10.0 Å². The van der Waals surface area contributed by atoms with Gasteiger partial charge in [-0.25, -0.2) is 4.39 Å². The van der Waals surface area contributed by atoms with E-state index in [0.29, 0.717) is 4.88 Å². The molecule has 0 spiro atoms. The minimum absolute atomic E-state index is 0.174. The molecular weight excluding hydrogens is 394 g/mol. The van der Waals surface area contributed by atoms with E-state index in [1.54, 1.807) is 6.07 Å². The van der Waals surface area contributed by atoms with Crippen LogP contribution in [0.1, 0.15) is 15.2 Å². The van der Waals surface area contributed by atoms with Crippen LogP contribution in [0.3, 0.4) is 0 Å². The lowest BCUT2D eigenvalue weighted by molar-refractivity contribution is 0.104. The Hall–Kier alpha value is -0.230. The molecule has 1 aromatic heterocycles. The molecule has 0 aliphatic heterocycles. The third kappa shape index (κ3) is 2.78. The van der Waals surface area contributed by atoms with Crippen molar-refractivity contribution in [3.63, 3.8) is 0 Å². The number of hydrogen-bond acceptors (Lipinski definition) is 2. The predicted molar refractivity (Wildman–Crippen MR) is 74.6 cm³/mol. The van der Waals surface area contributed by atoms with E-state index < -0.39 is 5.82 Å². The van der Waals surface area contributed by atoms with E-state index in [-0.39, 0.29) is 16.4 Å². The second-order valence-electron chi connectivity index (χ2n) is 3.19. The zero-order chi connectivity index (χ0) is 12.6. The number of hydrogen-bond donors (Lipinski definition) is 0. The number of thiophene rings is 1. The van der Waals surface area contributed by atoms with Crippen LogP contribution < -0.4 is 0 Å². The first-order chi connectivity index (χ1) is 7.99. The van der Waals surface area contributed by atoms with Crippen LogP contribution in [0.5, 0.6) is 0 Å². The Kier molecular flexibility index (Phi) is 4.02. The van der Waals surface area contributed by atoms with Gasteiger partial charge in [0.05, 0.1) is 13.7 Å². The zero-order valence-corrected chi connectivity index (χ0v) is 12.9. The van der Waals surface area contributed by atoms with E-state index in [1.807, 2.05) is 0 Å². The molecule has 88 valence electrons. The maximum Gasteiger partial charge on any atom is 0.204 e. The molecular formula is C11H4Br2ClFOS. The number of carbonyl (C=O) groups excluding carboxylic acids is 1. The first-order valence-electron chi connectivity index (χ1n) is 4.43. The van der Waals surface area contributed by atoms with Crippen LogP contribution in [-0.4, -0.2) is 5.78 Å². The Morgan fingerprint density at radius 1 is 1.29 bits per heavy atom. The Labute approximate surface area is 123 Å². The van der Waals surface area contributed by atoms with E-state index in [0.717, 1.165) is 14.3 Å². The van der Waals surface area contributed by atoms with Crippen molar-refractivity contribution in [2.24, 2.45) is 0 Å². The molecule has 0 unspecified atom stereocenters. The number of halogens is 4. The molecule has 0 radical (unpaired) electrons. The van der Waals surface area contributed by atoms with Crippen LogP contribution in [0.25, 0.3) is 0 Å². The van der Waals surface area contributed by atoms with Crippen LogP contribution in [-0.2, 0) is 0 Å². The molecule has 2 rings (SSSR count). The number of rotatable bonds is 2. The lowest BCUT2D eigenvalue weighted by atomic mass is 10.1. The van der Waals surface area contributed by atoms with Gasteiger partial charge in [-0.2, -0.15) is 0 Å². The van der Waals surface area contributed by atoms with Gasteiger partial charge in [-0.05, 0) is 56.1 Å². The summed E-state index contributed by atoms with van der Waals surface area (Å²) >= 11 is 13.7. The van der Waals surface area contributed by atoms with Crippen molar-refractivity contribution < 1.29 is 9.18 Å². The minimum Gasteiger partial charge on any atom is -0.288 e. The van der Waals surface area contributed by atoms with E-state index in [2.05, 4.69) is 31.9 Å². The van der Waals surface area contributed by atoms with Crippen molar-refractivity contribution in [3.05, 3.63) is 53.8 Å². The molecule has 0 saturated heterocycles. The maximum atomic E-state index is 13.1. The zero-order valence-electron chi connectivity index (χ0n) is 8.14. The van der Waals surface area contributed by atoms with Crippen LogP contribution >= 0.6 is 54.8 Å². The lowest BCUT2D eigenvalue weighted by Crippen LogP contribution is -2.00. The van der Waals surface area contributed by atoms with Crippen molar-refractivity contribution in [2.45, 2.75) is 0 Å². The summed E-state index contributed by atoms with van der Waals surface area (Å²) < 4.78 is 14.7. The van der Waals surface area contributed by atoms with Gasteiger partial charge < -0.3 is 0 Å². The fraction of sp³-hybridized carbons (Fsp3) is 0. The van der Waals surface area contributed by atoms with E-state index >= 15 is 0 Å². The fourth-order valence-electron chi connectivity index (χ4n) is 1.26. The molecule has 0 aliphatic rings. The van der Waals surface area contributed by atoms with Gasteiger partial charge in [0.1, 0.15) is 5.82 Å². The Morgan fingerprint density at radius 3 is 2.59 bits per heavy atom. The highest BCUT2D eigenvalue weighted by atomic mass is 79.9. The molecule has 1 heterocycles. The highest BCUT2D eigenvalue weighted by Crippen LogP contribution is 2.34. The van der Waals surface area contributed by atoms with Gasteiger partial charge in [0.2, 0.25) is 5.78 Å². The molecule has 2 aromatic rings. The quantitative estimate of drug-likeness (QED) is 0.628. The molecule has 0 aliphatic carbocycles. The molecule has 0 saturated carbocycles. The molecule has 6 heteroatoms. The van der Waals surface area contributed by atoms with Crippen LogP contribution in [0, 0.1) is 5.82 Å². The van der Waals surface area contributed by atoms with Gasteiger partial charge >= 0.3 is 0 Å². The SMILES string of the molecule is O=C(c1cc(Br)c(Br)s1)c1cc(F)ccc1Cl. The Bertz CT molecular complexity index is 578. The topological polar surface area (TPSA) is 17.1 Å². The number of ketones is 1. The Balaban J connectivity index is 2.47. The molecule has 0 bridgehead atoms. The summed E-state index contributed by atoms with van der Waals surface area (Å²) in [6.45, 7) is 0. The third-order valence-corrected chi connectivity index (χ3v) is 5.63. The summed E-state index contributed by atoms with van der Waals surface area (Å²) in [6.07, 6.45) is 0. The van der Waals surface area contributed by atoms with E-state index in [4.69, 9.17) is 11.6 Å². The standard InChI is InChI=1S/C11H4Br2ClFOS/c12-7-4-9(17-11(7)13)10(16)6-3-5(15)1-2-8(6)14/h1-4H. The summed E-state index contributed by atoms with van der Waals surface area (Å²) in [5.41, 5.74) is 0.174. The smallest absolute Gasteiger partial charge is 0.204 e. The second-order valence-corrected chi connectivity index (χ2v) is 6.82. The highest BCUT2D eigenvalue weighted by Gasteiger charge is 2.17. The van der Waals surface area contributed by atoms with Crippen molar-refractivity contribution >= 4 is 60.6 Å². The third-order valence-electron chi connectivity index (χ3n) is 2.04. The van der Waals surface area contributed by atoms with E-state index in [1.165, 1.54) is 23.5 Å². The summed E-state index contributed by atoms with van der Waals surface area (Å²) in [6, 6.07) is 5.42. The molecule has 1 nitrogen and oxygen atoms in total. The molecule has 0 amide bonds. The van der Waals surface area contributed by atoms with Crippen molar-refractivity contribution in [3.8, 4) is 0 Å². The maximum absolute atomic E-state index is 13.1. The van der Waals surface area contributed by atoms with Crippen molar-refractivity contribution in [1.82, 2.24) is 0 Å². The summed E-state index contributed by atoms with van der Waals surface area (Å²) in [5, 5.41) is 0.247. The molecule has 17 heavy (non-hydrogen) atoms. The van der Waals surface area contributed by atoms with Gasteiger partial charge in [-0.3, -0.25) is 4.79 Å². The van der Waals surface area contributed by atoms with Crippen molar-refractivity contribution in [1.29, 1.82) is 0 Å². The average Bonchev–Trinajstić information content (AvgIpc) is 2.62. The molecule has 0 atom stereocenters. The highest BCUT2D eigenvalue weighted by molar-refractivity contribution is 9.13. The van der Waals surface area contributed by atoms with E-state index in [9.17, 15) is 9.18 Å². The largest absolute Gasteiger partial charge is 0.288 e. The summed E-state index contributed by atoms with van der Waals surface area (Å²) in [7, 11) is 0. The predicted octanol–water partition coefficient (Wildman–Crippen LogP) is 5.30. The van der Waals surface area contributed by atoms with Gasteiger partial charge in [-0.15, -0.1) is 11.3 Å². The van der Waals surface area contributed by atoms with Crippen LogP contribution in [0.15, 0.2) is 32.5 Å². The van der Waals surface area contributed by atoms with Crippen molar-refractivity contribution in [2.75, 3.05) is 0 Å². The normalized spacial score (nSPS) is 10.6. The number of benzene rings is 1. The second kappa shape index (κ2) is 5.18. The van der Waals surface area contributed by atoms with Crippen LogP contribution in [0.2, 0.25) is 5.02 Å². The van der Waals surface area contributed by atoms with Gasteiger partial charge in [0.25, 0.3) is 0 Å². The molecule has 0 fully saturated rings. The lowest BCUT2D eigenvalue weighted by Gasteiger charge is -2.01. The van der Waals surface area contributed by atoms with Gasteiger partial charge in [0.15, 0.2) is 0 Å². The minimum atomic E-state index is -0.479. The monoisotopic (exact) mass is 396 g/mol. The molecule has 1 aromatic carbocycles. The average molecular weight is 398 g/mol.